The number of hydrogen-bond acceptors (Lipinski definition) is 3. The molecule has 2 N–H and O–H groups in total. The normalized spacial score (nSPS) is 19.0. The molecule has 0 radical (unpaired) electrons. The predicted octanol–water partition coefficient (Wildman–Crippen LogP) is 1.34. The largest absolute Gasteiger partial charge is 0.341 e. The monoisotopic (exact) mass is 316 g/mol. The molecule has 0 saturated carbocycles. The van der Waals surface area contributed by atoms with E-state index in [1.54, 1.807) is 4.90 Å². The van der Waals surface area contributed by atoms with Crippen LogP contribution in [0.2, 0.25) is 0 Å². The van der Waals surface area contributed by atoms with Gasteiger partial charge in [0.1, 0.15) is 0 Å². The summed E-state index contributed by atoms with van der Waals surface area (Å²) < 4.78 is 11.3. The molecular weight excluding hydrogens is 296 g/mol. The molecule has 1 fully saturated rings. The lowest BCUT2D eigenvalue weighted by Crippen LogP contribution is -2.46. The molecule has 0 bridgehead atoms. The van der Waals surface area contributed by atoms with Crippen molar-refractivity contribution in [3.05, 3.63) is 35.9 Å². The minimum Gasteiger partial charge on any atom is -0.341 e. The maximum absolute atomic E-state index is 12.4. The van der Waals surface area contributed by atoms with Crippen LogP contribution in [0.15, 0.2) is 30.3 Å². The summed E-state index contributed by atoms with van der Waals surface area (Å²) in [5, 5.41) is 0. The highest BCUT2D eigenvalue weighted by Crippen LogP contribution is 2.21. The van der Waals surface area contributed by atoms with Gasteiger partial charge in [-0.05, 0) is 5.56 Å². The molecule has 1 aliphatic heterocycles. The maximum Gasteiger partial charge on any atom is 0.227 e. The van der Waals surface area contributed by atoms with Crippen molar-refractivity contribution >= 4 is 29.1 Å². The Bertz CT molecular complexity index is 460. The van der Waals surface area contributed by atoms with Crippen molar-refractivity contribution < 1.29 is 9.00 Å². The Labute approximate surface area is 128 Å². The Balaban J connectivity index is 0.00000200. The first-order valence-corrected chi connectivity index (χ1v) is 8.02. The zero-order valence-electron chi connectivity index (χ0n) is 11.5. The van der Waals surface area contributed by atoms with E-state index in [1.165, 1.54) is 0 Å². The van der Waals surface area contributed by atoms with E-state index in [-0.39, 0.29) is 30.3 Å². The van der Waals surface area contributed by atoms with Gasteiger partial charge < -0.3 is 10.6 Å². The number of halogens is 1. The summed E-state index contributed by atoms with van der Waals surface area (Å²) in [5.41, 5.74) is 7.14. The van der Waals surface area contributed by atoms with Crippen LogP contribution in [0.25, 0.3) is 0 Å². The van der Waals surface area contributed by atoms with Crippen molar-refractivity contribution in [2.75, 3.05) is 24.6 Å². The van der Waals surface area contributed by atoms with Crippen molar-refractivity contribution in [2.45, 2.75) is 13.0 Å². The predicted molar refractivity (Wildman–Crippen MR) is 84.2 cm³/mol. The molecule has 1 aromatic carbocycles. The quantitative estimate of drug-likeness (QED) is 0.915. The summed E-state index contributed by atoms with van der Waals surface area (Å²) in [6.07, 6.45) is 0. The van der Waals surface area contributed by atoms with Crippen molar-refractivity contribution in [2.24, 2.45) is 11.7 Å². The van der Waals surface area contributed by atoms with Gasteiger partial charge >= 0.3 is 0 Å². The summed E-state index contributed by atoms with van der Waals surface area (Å²) in [6.45, 7) is 3.03. The van der Waals surface area contributed by atoms with E-state index in [1.807, 2.05) is 37.3 Å². The standard InChI is InChI=1S/C14H20N2O2S.ClH/c1-11(13(15)12-5-3-2-4-6-12)14(17)16-7-9-19(18)10-8-16;/h2-6,11,13H,7-10,15H2,1H3;1H. The summed E-state index contributed by atoms with van der Waals surface area (Å²) in [6, 6.07) is 9.38. The van der Waals surface area contributed by atoms with Gasteiger partial charge in [-0.15, -0.1) is 12.4 Å². The van der Waals surface area contributed by atoms with E-state index in [2.05, 4.69) is 0 Å². The van der Waals surface area contributed by atoms with Crippen LogP contribution in [-0.2, 0) is 15.6 Å². The number of rotatable bonds is 3. The third-order valence-electron chi connectivity index (χ3n) is 3.60. The van der Waals surface area contributed by atoms with E-state index >= 15 is 0 Å². The molecule has 2 atom stereocenters. The van der Waals surface area contributed by atoms with Gasteiger partial charge in [-0.1, -0.05) is 37.3 Å². The number of carbonyl (C=O) groups is 1. The molecule has 2 unspecified atom stereocenters. The maximum atomic E-state index is 12.4. The average molecular weight is 317 g/mol. The molecule has 2 rings (SSSR count). The lowest BCUT2D eigenvalue weighted by molar-refractivity contribution is -0.135. The van der Waals surface area contributed by atoms with Crippen LogP contribution in [0.4, 0.5) is 0 Å². The van der Waals surface area contributed by atoms with Crippen molar-refractivity contribution in [3.8, 4) is 0 Å². The fourth-order valence-electron chi connectivity index (χ4n) is 2.26. The fourth-order valence-corrected chi connectivity index (χ4v) is 3.32. The zero-order valence-corrected chi connectivity index (χ0v) is 13.2. The van der Waals surface area contributed by atoms with Gasteiger partial charge in [0.05, 0.1) is 5.92 Å². The van der Waals surface area contributed by atoms with Crippen LogP contribution in [-0.4, -0.2) is 39.6 Å². The first-order chi connectivity index (χ1) is 9.09. The number of nitrogens with zero attached hydrogens (tertiary/aromatic N) is 1. The first-order valence-electron chi connectivity index (χ1n) is 6.54. The summed E-state index contributed by atoms with van der Waals surface area (Å²) in [7, 11) is -0.762. The minimum atomic E-state index is -0.762. The van der Waals surface area contributed by atoms with E-state index in [0.29, 0.717) is 24.6 Å². The second-order valence-electron chi connectivity index (χ2n) is 4.90. The summed E-state index contributed by atoms with van der Waals surface area (Å²) in [5.74, 6) is 0.972. The van der Waals surface area contributed by atoms with Gasteiger partial charge in [0.15, 0.2) is 0 Å². The van der Waals surface area contributed by atoms with E-state index < -0.39 is 10.8 Å². The van der Waals surface area contributed by atoms with Crippen LogP contribution in [0.5, 0.6) is 0 Å². The van der Waals surface area contributed by atoms with Crippen molar-refractivity contribution in [3.63, 3.8) is 0 Å². The Morgan fingerprint density at radius 3 is 2.35 bits per heavy atom. The highest BCUT2D eigenvalue weighted by Gasteiger charge is 2.28. The molecule has 112 valence electrons. The van der Waals surface area contributed by atoms with Gasteiger partial charge in [-0.25, -0.2) is 0 Å². The zero-order chi connectivity index (χ0) is 13.8. The molecule has 0 aromatic heterocycles. The second-order valence-corrected chi connectivity index (χ2v) is 6.59. The Kier molecular flexibility index (Phi) is 6.65. The van der Waals surface area contributed by atoms with Crippen molar-refractivity contribution in [1.82, 2.24) is 4.90 Å². The molecule has 20 heavy (non-hydrogen) atoms. The molecule has 1 amide bonds. The Morgan fingerprint density at radius 1 is 1.25 bits per heavy atom. The molecular formula is C14H21ClN2O2S. The molecule has 6 heteroatoms. The van der Waals surface area contributed by atoms with Crippen LogP contribution >= 0.6 is 12.4 Å². The van der Waals surface area contributed by atoms with E-state index in [4.69, 9.17) is 5.73 Å². The van der Waals surface area contributed by atoms with Crippen molar-refractivity contribution in [1.29, 1.82) is 0 Å². The number of hydrogen-bond donors (Lipinski definition) is 1. The Hall–Kier alpha value is -0.910. The molecule has 0 spiro atoms. The van der Waals surface area contributed by atoms with Gasteiger partial charge in [0.25, 0.3) is 0 Å². The molecule has 1 aromatic rings. The van der Waals surface area contributed by atoms with Crippen LogP contribution in [0, 0.1) is 5.92 Å². The van der Waals surface area contributed by atoms with Gasteiger partial charge in [-0.3, -0.25) is 9.00 Å². The van der Waals surface area contributed by atoms with Crippen LogP contribution < -0.4 is 5.73 Å². The molecule has 1 saturated heterocycles. The highest BCUT2D eigenvalue weighted by molar-refractivity contribution is 7.85. The lowest BCUT2D eigenvalue weighted by Gasteiger charge is -2.31. The third kappa shape index (κ3) is 4.04. The topological polar surface area (TPSA) is 63.4 Å². The molecule has 1 heterocycles. The van der Waals surface area contributed by atoms with Crippen LogP contribution in [0.3, 0.4) is 0 Å². The smallest absolute Gasteiger partial charge is 0.227 e. The molecule has 0 aliphatic carbocycles. The van der Waals surface area contributed by atoms with E-state index in [9.17, 15) is 9.00 Å². The second kappa shape index (κ2) is 7.76. The lowest BCUT2D eigenvalue weighted by atomic mass is 9.94. The molecule has 4 nitrogen and oxygen atoms in total. The number of nitrogens with two attached hydrogens (primary N) is 1. The van der Waals surface area contributed by atoms with E-state index in [0.717, 1.165) is 5.56 Å². The number of carbonyl (C=O) groups excluding carboxylic acids is 1. The molecule has 1 aliphatic rings. The van der Waals surface area contributed by atoms with Gasteiger partial charge in [-0.2, -0.15) is 0 Å². The SMILES string of the molecule is CC(C(=O)N1CCS(=O)CC1)C(N)c1ccccc1.Cl. The number of benzene rings is 1. The fraction of sp³-hybridized carbons (Fsp3) is 0.500. The third-order valence-corrected chi connectivity index (χ3v) is 4.88. The highest BCUT2D eigenvalue weighted by atomic mass is 35.5. The minimum absolute atomic E-state index is 0. The summed E-state index contributed by atoms with van der Waals surface area (Å²) >= 11 is 0. The van der Waals surface area contributed by atoms with Gasteiger partial charge in [0, 0.05) is 41.4 Å². The Morgan fingerprint density at radius 2 is 1.80 bits per heavy atom. The average Bonchev–Trinajstić information content (AvgIpc) is 2.46. The van der Waals surface area contributed by atoms with Crippen LogP contribution in [0.1, 0.15) is 18.5 Å². The number of amides is 1. The van der Waals surface area contributed by atoms with Gasteiger partial charge in [0.2, 0.25) is 5.91 Å². The first kappa shape index (κ1) is 17.1. The summed E-state index contributed by atoms with van der Waals surface area (Å²) in [4.78, 5) is 14.2.